The van der Waals surface area contributed by atoms with Crippen molar-refractivity contribution in [2.24, 2.45) is 0 Å². The zero-order valence-electron chi connectivity index (χ0n) is 24.4. The first-order valence-electron chi connectivity index (χ1n) is 15.0. The van der Waals surface area contributed by atoms with Gasteiger partial charge in [-0.2, -0.15) is 0 Å². The fourth-order valence-electron chi connectivity index (χ4n) is 6.01. The monoisotopic (exact) mass is 554 g/mol. The fraction of sp³-hybridized carbons (Fsp3) is 0.0732. The molecule has 208 valence electrons. The predicted molar refractivity (Wildman–Crippen MR) is 184 cm³/mol. The van der Waals surface area contributed by atoms with Crippen LogP contribution in [0.25, 0.3) is 28.3 Å². The van der Waals surface area contributed by atoms with Gasteiger partial charge in [0.1, 0.15) is 0 Å². The van der Waals surface area contributed by atoms with Crippen LogP contribution in [-0.2, 0) is 6.42 Å². The summed E-state index contributed by atoms with van der Waals surface area (Å²) in [5.74, 6) is 0. The average molecular weight is 555 g/mol. The number of rotatable bonds is 7. The van der Waals surface area contributed by atoms with Crippen LogP contribution in [0.2, 0.25) is 0 Å². The maximum absolute atomic E-state index is 2.40. The average Bonchev–Trinajstić information content (AvgIpc) is 3.09. The number of hydrogen-bond donors (Lipinski definition) is 0. The van der Waals surface area contributed by atoms with Gasteiger partial charge in [0, 0.05) is 35.4 Å². The molecule has 0 fully saturated rings. The Bertz CT molecular complexity index is 1850. The summed E-state index contributed by atoms with van der Waals surface area (Å²) in [5.41, 5.74) is 13.4. The quantitative estimate of drug-likeness (QED) is 0.194. The Morgan fingerprint density at radius 1 is 0.465 bits per heavy atom. The van der Waals surface area contributed by atoms with E-state index in [0.29, 0.717) is 0 Å². The number of anilines is 5. The third-order valence-electron chi connectivity index (χ3n) is 8.35. The van der Waals surface area contributed by atoms with E-state index in [0.717, 1.165) is 35.6 Å². The molecule has 0 heterocycles. The molecular formula is C41H34N2. The summed E-state index contributed by atoms with van der Waals surface area (Å²) in [7, 11) is 2.13. The van der Waals surface area contributed by atoms with Crippen molar-refractivity contribution in [3.8, 4) is 22.3 Å². The van der Waals surface area contributed by atoms with Gasteiger partial charge in [0.2, 0.25) is 0 Å². The molecule has 0 N–H and O–H groups in total. The van der Waals surface area contributed by atoms with Crippen LogP contribution in [0.5, 0.6) is 0 Å². The zero-order valence-corrected chi connectivity index (χ0v) is 24.4. The van der Waals surface area contributed by atoms with E-state index >= 15 is 0 Å². The van der Waals surface area contributed by atoms with E-state index in [9.17, 15) is 0 Å². The minimum atomic E-state index is 1.07. The highest BCUT2D eigenvalue weighted by Crippen LogP contribution is 2.41. The van der Waals surface area contributed by atoms with Crippen LogP contribution in [0.15, 0.2) is 158 Å². The summed E-state index contributed by atoms with van der Waals surface area (Å²) in [6.07, 6.45) is 6.76. The van der Waals surface area contributed by atoms with Gasteiger partial charge in [0.15, 0.2) is 0 Å². The molecule has 0 unspecified atom stereocenters. The Balaban J connectivity index is 1.25. The molecule has 2 nitrogen and oxygen atoms in total. The molecule has 0 atom stereocenters. The van der Waals surface area contributed by atoms with Gasteiger partial charge in [0.25, 0.3) is 0 Å². The second-order valence-corrected chi connectivity index (χ2v) is 11.0. The van der Waals surface area contributed by atoms with E-state index in [2.05, 4.69) is 181 Å². The largest absolute Gasteiger partial charge is 0.345 e. The van der Waals surface area contributed by atoms with Crippen LogP contribution in [0.1, 0.15) is 17.5 Å². The second kappa shape index (κ2) is 11.9. The van der Waals surface area contributed by atoms with Crippen molar-refractivity contribution in [1.29, 1.82) is 0 Å². The molecule has 0 aromatic heterocycles. The Kier molecular flexibility index (Phi) is 7.33. The Morgan fingerprint density at radius 2 is 1.02 bits per heavy atom. The molecule has 43 heavy (non-hydrogen) atoms. The van der Waals surface area contributed by atoms with Gasteiger partial charge < -0.3 is 9.80 Å². The number of hydrogen-bond acceptors (Lipinski definition) is 2. The SMILES string of the molecule is CN(c1ccc(-c2ccccc2)cc1)c1ccc(N(c2cccc(-c3ccccc3)c2)c2cccc3c2C=CCC3)cc1. The fourth-order valence-corrected chi connectivity index (χ4v) is 6.01. The maximum Gasteiger partial charge on any atom is 0.0536 e. The van der Waals surface area contributed by atoms with E-state index in [1.54, 1.807) is 0 Å². The summed E-state index contributed by atoms with van der Waals surface area (Å²) < 4.78 is 0. The summed E-state index contributed by atoms with van der Waals surface area (Å²) in [6.45, 7) is 0. The molecule has 0 bridgehead atoms. The summed E-state index contributed by atoms with van der Waals surface area (Å²) in [5, 5.41) is 0. The van der Waals surface area contributed by atoms with Crippen LogP contribution < -0.4 is 9.80 Å². The topological polar surface area (TPSA) is 6.48 Å². The van der Waals surface area contributed by atoms with E-state index in [-0.39, 0.29) is 0 Å². The maximum atomic E-state index is 2.40. The molecule has 6 aromatic carbocycles. The molecule has 1 aliphatic carbocycles. The second-order valence-electron chi connectivity index (χ2n) is 11.0. The minimum absolute atomic E-state index is 1.07. The Morgan fingerprint density at radius 3 is 1.72 bits per heavy atom. The highest BCUT2D eigenvalue weighted by molar-refractivity contribution is 5.86. The third-order valence-corrected chi connectivity index (χ3v) is 8.35. The van der Waals surface area contributed by atoms with Crippen LogP contribution in [0.3, 0.4) is 0 Å². The number of nitrogens with zero attached hydrogens (tertiary/aromatic N) is 2. The molecule has 0 spiro atoms. The Hall–Kier alpha value is -5.34. The van der Waals surface area contributed by atoms with Gasteiger partial charge in [0.05, 0.1) is 5.69 Å². The number of allylic oxidation sites excluding steroid dienone is 1. The van der Waals surface area contributed by atoms with Gasteiger partial charge in [-0.25, -0.2) is 0 Å². The summed E-state index contributed by atoms with van der Waals surface area (Å²) in [4.78, 5) is 4.64. The van der Waals surface area contributed by atoms with Crippen molar-refractivity contribution < 1.29 is 0 Å². The number of fused-ring (bicyclic) bond motifs is 1. The van der Waals surface area contributed by atoms with Gasteiger partial charge >= 0.3 is 0 Å². The van der Waals surface area contributed by atoms with Crippen molar-refractivity contribution >= 4 is 34.5 Å². The molecule has 0 saturated carbocycles. The van der Waals surface area contributed by atoms with Crippen LogP contribution >= 0.6 is 0 Å². The number of aryl methyl sites for hydroxylation is 1. The smallest absolute Gasteiger partial charge is 0.0536 e. The molecule has 7 rings (SSSR count). The molecule has 6 aromatic rings. The first-order valence-corrected chi connectivity index (χ1v) is 15.0. The lowest BCUT2D eigenvalue weighted by Crippen LogP contribution is -2.14. The lowest BCUT2D eigenvalue weighted by Gasteiger charge is -2.30. The molecule has 0 aliphatic heterocycles. The van der Waals surface area contributed by atoms with Crippen molar-refractivity contribution in [2.45, 2.75) is 12.8 Å². The molecule has 0 radical (unpaired) electrons. The van der Waals surface area contributed by atoms with E-state index in [1.165, 1.54) is 39.1 Å². The van der Waals surface area contributed by atoms with E-state index in [1.807, 2.05) is 0 Å². The molecule has 0 saturated heterocycles. The van der Waals surface area contributed by atoms with Crippen molar-refractivity contribution in [1.82, 2.24) is 0 Å². The van der Waals surface area contributed by atoms with E-state index < -0.39 is 0 Å². The van der Waals surface area contributed by atoms with Gasteiger partial charge in [-0.05, 0) is 95.3 Å². The standard InChI is InChI=1S/C41H34N2/c1-42(36-24-22-33(23-25-36)31-12-4-2-5-13-31)37-26-28-38(29-27-37)43(41-21-11-17-34-16-8-9-20-40(34)41)39-19-10-18-35(30-39)32-14-6-3-7-15-32/h2-7,9-15,17-30H,8,16H2,1H3. The molecule has 0 amide bonds. The molecule has 2 heteroatoms. The predicted octanol–water partition coefficient (Wildman–Crippen LogP) is 11.2. The minimum Gasteiger partial charge on any atom is -0.345 e. The van der Waals surface area contributed by atoms with Crippen LogP contribution in [0, 0.1) is 0 Å². The van der Waals surface area contributed by atoms with Gasteiger partial charge in [-0.15, -0.1) is 0 Å². The van der Waals surface area contributed by atoms with Crippen molar-refractivity contribution in [2.75, 3.05) is 16.8 Å². The van der Waals surface area contributed by atoms with Crippen LogP contribution in [0.4, 0.5) is 28.4 Å². The van der Waals surface area contributed by atoms with Gasteiger partial charge in [-0.1, -0.05) is 109 Å². The van der Waals surface area contributed by atoms with E-state index in [4.69, 9.17) is 0 Å². The third kappa shape index (κ3) is 5.48. The first kappa shape index (κ1) is 26.6. The Labute approximate surface area is 254 Å². The lowest BCUT2D eigenvalue weighted by molar-refractivity contribution is 0.984. The number of benzene rings is 6. The molecule has 1 aliphatic rings. The van der Waals surface area contributed by atoms with Crippen molar-refractivity contribution in [3.63, 3.8) is 0 Å². The normalized spacial score (nSPS) is 12.0. The summed E-state index contributed by atoms with van der Waals surface area (Å²) in [6, 6.07) is 54.4. The molecular weight excluding hydrogens is 520 g/mol. The highest BCUT2D eigenvalue weighted by atomic mass is 15.1. The highest BCUT2D eigenvalue weighted by Gasteiger charge is 2.19. The first-order chi connectivity index (χ1) is 21.2. The zero-order chi connectivity index (χ0) is 29.0. The summed E-state index contributed by atoms with van der Waals surface area (Å²) >= 11 is 0. The van der Waals surface area contributed by atoms with Gasteiger partial charge in [-0.3, -0.25) is 0 Å². The van der Waals surface area contributed by atoms with Crippen molar-refractivity contribution in [3.05, 3.63) is 169 Å². The lowest BCUT2D eigenvalue weighted by atomic mass is 9.94. The van der Waals surface area contributed by atoms with Crippen LogP contribution in [-0.4, -0.2) is 7.05 Å².